The number of hydrogen-bond donors (Lipinski definition) is 0. The van der Waals surface area contributed by atoms with Gasteiger partial charge in [0.2, 0.25) is 0 Å². The average Bonchev–Trinajstić information content (AvgIpc) is 1.82. The van der Waals surface area contributed by atoms with Gasteiger partial charge in [0.1, 0.15) is 0 Å². The summed E-state index contributed by atoms with van der Waals surface area (Å²) in [5.41, 5.74) is 0.595. The maximum absolute atomic E-state index is 5.44. The maximum atomic E-state index is 5.44. The van der Waals surface area contributed by atoms with E-state index in [1.165, 1.54) is 25.7 Å². The molecular weight excluding hydrogens is 112 g/mol. The zero-order valence-electron chi connectivity index (χ0n) is 6.02. The smallest absolute Gasteiger partial charge is 0.0651 e. The summed E-state index contributed by atoms with van der Waals surface area (Å²) >= 11 is 0. The molecule has 1 heteroatoms. The lowest BCUT2D eigenvalue weighted by atomic mass is 9.70. The lowest BCUT2D eigenvalue weighted by Gasteiger charge is -2.50. The molecule has 2 fully saturated rings. The van der Waals surface area contributed by atoms with Crippen LogP contribution in [0.5, 0.6) is 0 Å². The van der Waals surface area contributed by atoms with E-state index >= 15 is 0 Å². The van der Waals surface area contributed by atoms with Gasteiger partial charge in [-0.25, -0.2) is 0 Å². The van der Waals surface area contributed by atoms with Crippen LogP contribution < -0.4 is 0 Å². The first-order valence-electron chi connectivity index (χ1n) is 3.93. The molecule has 0 aromatic heterocycles. The molecule has 0 bridgehead atoms. The van der Waals surface area contributed by atoms with Crippen LogP contribution in [0, 0.1) is 5.41 Å². The molecule has 0 spiro atoms. The molecule has 0 aromatic rings. The van der Waals surface area contributed by atoms with Crippen LogP contribution in [0.3, 0.4) is 0 Å². The lowest BCUT2D eigenvalue weighted by Crippen LogP contribution is -2.51. The minimum atomic E-state index is 0.595. The van der Waals surface area contributed by atoms with Gasteiger partial charge in [0, 0.05) is 5.41 Å². The van der Waals surface area contributed by atoms with Gasteiger partial charge in [0.25, 0.3) is 0 Å². The molecule has 1 aliphatic heterocycles. The van der Waals surface area contributed by atoms with Crippen molar-refractivity contribution in [3.8, 4) is 0 Å². The molecule has 1 saturated carbocycles. The van der Waals surface area contributed by atoms with Gasteiger partial charge in [-0.15, -0.1) is 0 Å². The zero-order valence-corrected chi connectivity index (χ0v) is 6.02. The highest BCUT2D eigenvalue weighted by Gasteiger charge is 2.45. The molecule has 2 rings (SSSR count). The highest BCUT2D eigenvalue weighted by molar-refractivity contribution is 4.93. The van der Waals surface area contributed by atoms with E-state index in [-0.39, 0.29) is 0 Å². The van der Waals surface area contributed by atoms with Crippen molar-refractivity contribution in [2.45, 2.75) is 38.7 Å². The second-order valence-corrected chi connectivity index (χ2v) is 3.70. The molecule has 2 aliphatic rings. The third kappa shape index (κ3) is 0.710. The van der Waals surface area contributed by atoms with Gasteiger partial charge in [0.15, 0.2) is 0 Å². The van der Waals surface area contributed by atoms with E-state index in [1.54, 1.807) is 0 Å². The Hall–Kier alpha value is -0.0400. The molecular formula is C8H14O. The van der Waals surface area contributed by atoms with E-state index < -0.39 is 0 Å². The Balaban J connectivity index is 2.05. The fourth-order valence-electron chi connectivity index (χ4n) is 2.01. The van der Waals surface area contributed by atoms with Gasteiger partial charge < -0.3 is 4.74 Å². The van der Waals surface area contributed by atoms with E-state index in [2.05, 4.69) is 6.92 Å². The first-order chi connectivity index (χ1) is 4.31. The van der Waals surface area contributed by atoms with Gasteiger partial charge in [-0.1, -0.05) is 19.8 Å². The summed E-state index contributed by atoms with van der Waals surface area (Å²) < 4.78 is 5.44. The van der Waals surface area contributed by atoms with Gasteiger partial charge >= 0.3 is 0 Å². The second-order valence-electron chi connectivity index (χ2n) is 3.70. The van der Waals surface area contributed by atoms with Crippen molar-refractivity contribution < 1.29 is 4.74 Å². The number of hydrogen-bond acceptors (Lipinski definition) is 1. The molecule has 1 heterocycles. The van der Waals surface area contributed by atoms with Crippen LogP contribution in [-0.2, 0) is 4.74 Å². The summed E-state index contributed by atoms with van der Waals surface area (Å²) in [6.45, 7) is 3.39. The molecule has 2 unspecified atom stereocenters. The van der Waals surface area contributed by atoms with E-state index in [0.717, 1.165) is 6.61 Å². The Morgan fingerprint density at radius 1 is 1.44 bits per heavy atom. The molecule has 1 nitrogen and oxygen atoms in total. The van der Waals surface area contributed by atoms with Crippen molar-refractivity contribution in [2.75, 3.05) is 6.61 Å². The van der Waals surface area contributed by atoms with Crippen LogP contribution in [0.25, 0.3) is 0 Å². The largest absolute Gasteiger partial charge is 0.377 e. The van der Waals surface area contributed by atoms with E-state index in [0.29, 0.717) is 11.5 Å². The Morgan fingerprint density at radius 3 is 2.67 bits per heavy atom. The Kier molecular flexibility index (Phi) is 1.10. The standard InChI is InChI=1S/C8H14O/c1-8-5-3-2-4-7(8)9-6-8/h7H,2-6H2,1H3. The van der Waals surface area contributed by atoms with Crippen molar-refractivity contribution in [1.29, 1.82) is 0 Å². The van der Waals surface area contributed by atoms with Crippen LogP contribution in [0.1, 0.15) is 32.6 Å². The summed E-state index contributed by atoms with van der Waals surface area (Å²) in [5, 5.41) is 0. The minimum absolute atomic E-state index is 0.595. The second kappa shape index (κ2) is 1.72. The van der Waals surface area contributed by atoms with Crippen LogP contribution in [0.4, 0.5) is 0 Å². The molecule has 0 N–H and O–H groups in total. The van der Waals surface area contributed by atoms with Crippen molar-refractivity contribution in [3.05, 3.63) is 0 Å². The zero-order chi connectivity index (χ0) is 6.32. The summed E-state index contributed by atoms with van der Waals surface area (Å²) in [6.07, 6.45) is 6.16. The Morgan fingerprint density at radius 2 is 2.33 bits per heavy atom. The average molecular weight is 126 g/mol. The number of fused-ring (bicyclic) bond motifs is 1. The fourth-order valence-corrected chi connectivity index (χ4v) is 2.01. The molecule has 0 radical (unpaired) electrons. The van der Waals surface area contributed by atoms with E-state index in [9.17, 15) is 0 Å². The highest BCUT2D eigenvalue weighted by atomic mass is 16.5. The fraction of sp³-hybridized carbons (Fsp3) is 1.00. The van der Waals surface area contributed by atoms with Crippen LogP contribution in [0.2, 0.25) is 0 Å². The maximum Gasteiger partial charge on any atom is 0.0651 e. The van der Waals surface area contributed by atoms with E-state index in [1.807, 2.05) is 0 Å². The molecule has 0 amide bonds. The number of ether oxygens (including phenoxy) is 1. The molecule has 0 aromatic carbocycles. The normalized spacial score (nSPS) is 49.7. The van der Waals surface area contributed by atoms with Gasteiger partial charge in [-0.05, 0) is 12.8 Å². The quantitative estimate of drug-likeness (QED) is 0.482. The first-order valence-corrected chi connectivity index (χ1v) is 3.93. The molecule has 52 valence electrons. The third-order valence-electron chi connectivity index (χ3n) is 2.86. The van der Waals surface area contributed by atoms with Crippen molar-refractivity contribution in [1.82, 2.24) is 0 Å². The molecule has 2 atom stereocenters. The predicted octanol–water partition coefficient (Wildman–Crippen LogP) is 1.97. The first kappa shape index (κ1) is 5.72. The van der Waals surface area contributed by atoms with Crippen molar-refractivity contribution in [2.24, 2.45) is 5.41 Å². The lowest BCUT2D eigenvalue weighted by molar-refractivity contribution is -0.196. The molecule has 1 saturated heterocycles. The van der Waals surface area contributed by atoms with Crippen molar-refractivity contribution >= 4 is 0 Å². The SMILES string of the molecule is CC12CCCCC1OC2. The van der Waals surface area contributed by atoms with Crippen LogP contribution in [-0.4, -0.2) is 12.7 Å². The van der Waals surface area contributed by atoms with Gasteiger partial charge in [-0.3, -0.25) is 0 Å². The molecule has 1 aliphatic carbocycles. The van der Waals surface area contributed by atoms with Gasteiger partial charge in [0.05, 0.1) is 12.7 Å². The number of rotatable bonds is 0. The Bertz CT molecular complexity index is 122. The minimum Gasteiger partial charge on any atom is -0.377 e. The van der Waals surface area contributed by atoms with Crippen molar-refractivity contribution in [3.63, 3.8) is 0 Å². The summed E-state index contributed by atoms with van der Waals surface area (Å²) in [5.74, 6) is 0. The van der Waals surface area contributed by atoms with Crippen LogP contribution in [0.15, 0.2) is 0 Å². The summed E-state index contributed by atoms with van der Waals surface area (Å²) in [7, 11) is 0. The summed E-state index contributed by atoms with van der Waals surface area (Å²) in [4.78, 5) is 0. The third-order valence-corrected chi connectivity index (χ3v) is 2.86. The predicted molar refractivity (Wildman–Crippen MR) is 36.3 cm³/mol. The van der Waals surface area contributed by atoms with Gasteiger partial charge in [-0.2, -0.15) is 0 Å². The summed E-state index contributed by atoms with van der Waals surface area (Å²) in [6, 6.07) is 0. The Labute approximate surface area is 56.4 Å². The van der Waals surface area contributed by atoms with Crippen LogP contribution >= 0.6 is 0 Å². The topological polar surface area (TPSA) is 9.23 Å². The van der Waals surface area contributed by atoms with E-state index in [4.69, 9.17) is 4.74 Å². The highest BCUT2D eigenvalue weighted by Crippen LogP contribution is 2.45. The monoisotopic (exact) mass is 126 g/mol. The molecule has 9 heavy (non-hydrogen) atoms.